The van der Waals surface area contributed by atoms with Crippen LogP contribution in [0.4, 0.5) is 0 Å². The van der Waals surface area contributed by atoms with Crippen molar-refractivity contribution >= 4 is 15.8 Å². The molecular weight excluding hydrogens is 182 g/mol. The molecule has 0 saturated carbocycles. The first-order chi connectivity index (χ1) is 5.46. The molecule has 0 spiro atoms. The fraction of sp³-hybridized carbons (Fsp3) is 0.833. The largest absolute Gasteiger partial charge is 0.481 e. The highest BCUT2D eigenvalue weighted by molar-refractivity contribution is 7.91. The lowest BCUT2D eigenvalue weighted by atomic mass is 9.97. The third-order valence-electron chi connectivity index (χ3n) is 2.09. The normalized spacial score (nSPS) is 33.4. The molecule has 0 aromatic rings. The fourth-order valence-electron chi connectivity index (χ4n) is 1.43. The lowest BCUT2D eigenvalue weighted by molar-refractivity contribution is -0.142. The summed E-state index contributed by atoms with van der Waals surface area (Å²) in [6.07, 6.45) is 0. The standard InChI is InChI=1S/C6H11NO4S/c7-1-4-2-12(10,11)3-5(4)6(8)9/h4-5H,1-3,7H2,(H,8,9)/t4-,5-/m1/s1. The highest BCUT2D eigenvalue weighted by Gasteiger charge is 2.40. The van der Waals surface area contributed by atoms with Crippen LogP contribution < -0.4 is 5.73 Å². The summed E-state index contributed by atoms with van der Waals surface area (Å²) >= 11 is 0. The second-order valence-corrected chi connectivity index (χ2v) is 5.17. The maximum Gasteiger partial charge on any atom is 0.307 e. The van der Waals surface area contributed by atoms with Crippen LogP contribution in [-0.4, -0.2) is 37.5 Å². The summed E-state index contributed by atoms with van der Waals surface area (Å²) in [5.41, 5.74) is 5.26. The molecule has 70 valence electrons. The Morgan fingerprint density at radius 2 is 2.08 bits per heavy atom. The molecule has 1 aliphatic heterocycles. The van der Waals surface area contributed by atoms with Crippen LogP contribution >= 0.6 is 0 Å². The summed E-state index contributed by atoms with van der Waals surface area (Å²) in [5.74, 6) is -2.62. The molecule has 0 aromatic heterocycles. The molecular formula is C6H11NO4S. The molecule has 1 fully saturated rings. The van der Waals surface area contributed by atoms with Gasteiger partial charge in [0.15, 0.2) is 9.84 Å². The van der Waals surface area contributed by atoms with E-state index < -0.39 is 27.6 Å². The van der Waals surface area contributed by atoms with E-state index in [1.807, 2.05) is 0 Å². The lowest BCUT2D eigenvalue weighted by Gasteiger charge is -2.09. The molecule has 1 heterocycles. The summed E-state index contributed by atoms with van der Waals surface area (Å²) in [6, 6.07) is 0. The average Bonchev–Trinajstić information content (AvgIpc) is 2.25. The molecule has 0 bridgehead atoms. The Bertz CT molecular complexity index is 284. The minimum atomic E-state index is -3.16. The van der Waals surface area contributed by atoms with Crippen LogP contribution in [-0.2, 0) is 14.6 Å². The van der Waals surface area contributed by atoms with Gasteiger partial charge in [0.05, 0.1) is 17.4 Å². The number of sulfone groups is 1. The number of nitrogens with two attached hydrogens (primary N) is 1. The van der Waals surface area contributed by atoms with Crippen molar-refractivity contribution in [1.29, 1.82) is 0 Å². The van der Waals surface area contributed by atoms with Crippen molar-refractivity contribution < 1.29 is 18.3 Å². The second kappa shape index (κ2) is 3.02. The predicted octanol–water partition coefficient (Wildman–Crippen LogP) is -1.31. The Hall–Kier alpha value is -0.620. The quantitative estimate of drug-likeness (QED) is 0.567. The minimum absolute atomic E-state index is 0.0829. The molecule has 0 radical (unpaired) electrons. The number of carboxylic acids is 1. The molecule has 6 heteroatoms. The number of hydrogen-bond acceptors (Lipinski definition) is 4. The van der Waals surface area contributed by atoms with E-state index in [1.54, 1.807) is 0 Å². The fourth-order valence-corrected chi connectivity index (χ4v) is 3.54. The number of rotatable bonds is 2. The molecule has 0 aromatic carbocycles. The molecule has 1 saturated heterocycles. The average molecular weight is 193 g/mol. The number of carboxylic acid groups (broad SMARTS) is 1. The van der Waals surface area contributed by atoms with Crippen LogP contribution in [0.25, 0.3) is 0 Å². The van der Waals surface area contributed by atoms with E-state index in [0.29, 0.717) is 0 Å². The zero-order valence-electron chi connectivity index (χ0n) is 6.43. The first kappa shape index (κ1) is 9.47. The van der Waals surface area contributed by atoms with Crippen molar-refractivity contribution in [3.05, 3.63) is 0 Å². The molecule has 1 aliphatic rings. The van der Waals surface area contributed by atoms with Crippen LogP contribution in [0.2, 0.25) is 0 Å². The highest BCUT2D eigenvalue weighted by Crippen LogP contribution is 2.24. The Morgan fingerprint density at radius 3 is 2.42 bits per heavy atom. The number of hydrogen-bond donors (Lipinski definition) is 2. The van der Waals surface area contributed by atoms with E-state index in [1.165, 1.54) is 0 Å². The first-order valence-electron chi connectivity index (χ1n) is 3.59. The van der Waals surface area contributed by atoms with Crippen molar-refractivity contribution in [1.82, 2.24) is 0 Å². The summed E-state index contributed by atoms with van der Waals surface area (Å²) < 4.78 is 22.0. The van der Waals surface area contributed by atoms with Gasteiger partial charge in [-0.25, -0.2) is 8.42 Å². The van der Waals surface area contributed by atoms with Crippen LogP contribution in [0.3, 0.4) is 0 Å². The van der Waals surface area contributed by atoms with Gasteiger partial charge in [-0.2, -0.15) is 0 Å². The molecule has 12 heavy (non-hydrogen) atoms. The number of aliphatic carboxylic acids is 1. The molecule has 1 rings (SSSR count). The maximum atomic E-state index is 11.0. The SMILES string of the molecule is NC[C@@H]1CS(=O)(=O)C[C@H]1C(=O)O. The van der Waals surface area contributed by atoms with E-state index >= 15 is 0 Å². The topological polar surface area (TPSA) is 97.5 Å². The van der Waals surface area contributed by atoms with Crippen LogP contribution in [0.5, 0.6) is 0 Å². The minimum Gasteiger partial charge on any atom is -0.481 e. The lowest BCUT2D eigenvalue weighted by Crippen LogP contribution is -2.27. The first-order valence-corrected chi connectivity index (χ1v) is 5.41. The Morgan fingerprint density at radius 1 is 1.50 bits per heavy atom. The smallest absolute Gasteiger partial charge is 0.307 e. The summed E-state index contributed by atoms with van der Waals surface area (Å²) in [4.78, 5) is 10.5. The van der Waals surface area contributed by atoms with Gasteiger partial charge in [0.2, 0.25) is 0 Å². The van der Waals surface area contributed by atoms with Crippen molar-refractivity contribution in [2.24, 2.45) is 17.6 Å². The third kappa shape index (κ3) is 1.75. The van der Waals surface area contributed by atoms with Crippen molar-refractivity contribution in [2.75, 3.05) is 18.1 Å². The van der Waals surface area contributed by atoms with Gasteiger partial charge < -0.3 is 10.8 Å². The molecule has 5 nitrogen and oxygen atoms in total. The van der Waals surface area contributed by atoms with Gasteiger partial charge in [-0.05, 0) is 12.5 Å². The van der Waals surface area contributed by atoms with Gasteiger partial charge in [0, 0.05) is 0 Å². The van der Waals surface area contributed by atoms with Crippen molar-refractivity contribution in [2.45, 2.75) is 0 Å². The molecule has 0 amide bonds. The third-order valence-corrected chi connectivity index (χ3v) is 3.89. The second-order valence-electron chi connectivity index (χ2n) is 3.02. The molecule has 2 atom stereocenters. The Balaban J connectivity index is 2.83. The van der Waals surface area contributed by atoms with Gasteiger partial charge in [0.25, 0.3) is 0 Å². The molecule has 0 unspecified atom stereocenters. The van der Waals surface area contributed by atoms with E-state index in [4.69, 9.17) is 10.8 Å². The summed E-state index contributed by atoms with van der Waals surface area (Å²) in [6.45, 7) is 0.121. The van der Waals surface area contributed by atoms with Crippen LogP contribution in [0, 0.1) is 11.8 Å². The molecule has 0 aliphatic carbocycles. The van der Waals surface area contributed by atoms with Crippen molar-refractivity contribution in [3.63, 3.8) is 0 Å². The zero-order chi connectivity index (χ0) is 9.35. The maximum absolute atomic E-state index is 11.0. The summed E-state index contributed by atoms with van der Waals surface area (Å²) in [5, 5.41) is 8.63. The van der Waals surface area contributed by atoms with E-state index in [2.05, 4.69) is 0 Å². The van der Waals surface area contributed by atoms with Gasteiger partial charge in [-0.3, -0.25) is 4.79 Å². The van der Waals surface area contributed by atoms with E-state index in [0.717, 1.165) is 0 Å². The van der Waals surface area contributed by atoms with Crippen LogP contribution in [0.1, 0.15) is 0 Å². The monoisotopic (exact) mass is 193 g/mol. The van der Waals surface area contributed by atoms with E-state index in [-0.39, 0.29) is 18.1 Å². The Labute approximate surface area is 70.5 Å². The van der Waals surface area contributed by atoms with Crippen molar-refractivity contribution in [3.8, 4) is 0 Å². The number of carbonyl (C=O) groups is 1. The Kier molecular flexibility index (Phi) is 2.39. The van der Waals surface area contributed by atoms with Crippen LogP contribution in [0.15, 0.2) is 0 Å². The van der Waals surface area contributed by atoms with Gasteiger partial charge in [-0.15, -0.1) is 0 Å². The van der Waals surface area contributed by atoms with Gasteiger partial charge in [0.1, 0.15) is 0 Å². The highest BCUT2D eigenvalue weighted by atomic mass is 32.2. The van der Waals surface area contributed by atoms with Gasteiger partial charge in [-0.1, -0.05) is 0 Å². The van der Waals surface area contributed by atoms with Gasteiger partial charge >= 0.3 is 5.97 Å². The zero-order valence-corrected chi connectivity index (χ0v) is 7.25. The molecule has 3 N–H and O–H groups in total. The summed E-state index contributed by atoms with van der Waals surface area (Å²) in [7, 11) is -3.16. The predicted molar refractivity (Wildman–Crippen MR) is 42.3 cm³/mol. The van der Waals surface area contributed by atoms with E-state index in [9.17, 15) is 13.2 Å².